The molecule has 0 spiro atoms. The van der Waals surface area contributed by atoms with E-state index < -0.39 is 0 Å². The van der Waals surface area contributed by atoms with E-state index in [9.17, 15) is 0 Å². The van der Waals surface area contributed by atoms with Gasteiger partial charge in [0.25, 0.3) is 0 Å². The maximum atomic E-state index is 5.68. The molecule has 0 aliphatic heterocycles. The molecular formula is C13H17BrN4S. The van der Waals surface area contributed by atoms with E-state index in [0.717, 1.165) is 15.9 Å². The predicted octanol–water partition coefficient (Wildman–Crippen LogP) is 2.79. The van der Waals surface area contributed by atoms with Gasteiger partial charge in [-0.05, 0) is 34.5 Å². The Morgan fingerprint density at radius 3 is 2.79 bits per heavy atom. The zero-order valence-corrected chi connectivity index (χ0v) is 13.3. The van der Waals surface area contributed by atoms with Crippen molar-refractivity contribution in [1.82, 2.24) is 15.2 Å². The number of rotatable bonds is 5. The number of nitrogens with zero attached hydrogens (tertiary/aromatic N) is 2. The van der Waals surface area contributed by atoms with E-state index in [1.54, 1.807) is 18.0 Å². The largest absolute Gasteiger partial charge is 0.271 e. The molecule has 0 bridgehead atoms. The molecule has 1 aromatic carbocycles. The van der Waals surface area contributed by atoms with Gasteiger partial charge in [0, 0.05) is 17.7 Å². The molecule has 2 aromatic rings. The first kappa shape index (κ1) is 14.6. The second-order valence-corrected chi connectivity index (χ2v) is 6.21. The van der Waals surface area contributed by atoms with Gasteiger partial charge >= 0.3 is 0 Å². The molecule has 0 saturated heterocycles. The van der Waals surface area contributed by atoms with Crippen molar-refractivity contribution in [2.75, 3.05) is 5.75 Å². The standard InChI is InChI=1S/C13H17BrN4S/c1-9-5-3-4-6-12(9)19-8-11(17-15)13-10(14)7-16-18(13)2/h3-7,11,17H,8,15H2,1-2H3. The molecule has 0 aliphatic rings. The van der Waals surface area contributed by atoms with Crippen molar-refractivity contribution in [3.63, 3.8) is 0 Å². The van der Waals surface area contributed by atoms with Gasteiger partial charge in [-0.25, -0.2) is 0 Å². The molecule has 0 fully saturated rings. The van der Waals surface area contributed by atoms with E-state index in [2.05, 4.69) is 57.6 Å². The number of nitrogens with one attached hydrogen (secondary N) is 1. The van der Waals surface area contributed by atoms with Crippen LogP contribution in [0.25, 0.3) is 0 Å². The van der Waals surface area contributed by atoms with E-state index >= 15 is 0 Å². The molecule has 0 radical (unpaired) electrons. The fourth-order valence-corrected chi connectivity index (χ4v) is 3.60. The Morgan fingerprint density at radius 2 is 2.21 bits per heavy atom. The van der Waals surface area contributed by atoms with Crippen LogP contribution >= 0.6 is 27.7 Å². The normalized spacial score (nSPS) is 12.6. The molecule has 0 amide bonds. The van der Waals surface area contributed by atoms with Crippen LogP contribution in [-0.2, 0) is 7.05 Å². The van der Waals surface area contributed by atoms with Gasteiger partial charge in [-0.3, -0.25) is 16.0 Å². The van der Waals surface area contributed by atoms with Gasteiger partial charge in [-0.2, -0.15) is 5.10 Å². The molecule has 19 heavy (non-hydrogen) atoms. The number of aryl methyl sites for hydroxylation is 2. The Balaban J connectivity index is 2.11. The Bertz CT molecular complexity index is 536. The zero-order chi connectivity index (χ0) is 13.8. The summed E-state index contributed by atoms with van der Waals surface area (Å²) in [5, 5.41) is 4.22. The van der Waals surface area contributed by atoms with E-state index in [4.69, 9.17) is 5.84 Å². The quantitative estimate of drug-likeness (QED) is 0.499. The number of hydrogen-bond acceptors (Lipinski definition) is 4. The second kappa shape index (κ2) is 6.56. The zero-order valence-electron chi connectivity index (χ0n) is 10.9. The Kier molecular flexibility index (Phi) is 5.04. The van der Waals surface area contributed by atoms with Crippen molar-refractivity contribution in [2.24, 2.45) is 12.9 Å². The van der Waals surface area contributed by atoms with Gasteiger partial charge in [0.2, 0.25) is 0 Å². The number of hydrogen-bond donors (Lipinski definition) is 2. The van der Waals surface area contributed by atoms with Crippen molar-refractivity contribution in [3.05, 3.63) is 46.2 Å². The summed E-state index contributed by atoms with van der Waals surface area (Å²) in [6, 6.07) is 8.40. The summed E-state index contributed by atoms with van der Waals surface area (Å²) in [5.74, 6) is 6.53. The highest BCUT2D eigenvalue weighted by molar-refractivity contribution is 9.10. The third-order valence-corrected chi connectivity index (χ3v) is 4.85. The molecule has 4 nitrogen and oxygen atoms in total. The highest BCUT2D eigenvalue weighted by Gasteiger charge is 2.18. The topological polar surface area (TPSA) is 55.9 Å². The summed E-state index contributed by atoms with van der Waals surface area (Å²) in [5.41, 5.74) is 5.21. The average Bonchev–Trinajstić information content (AvgIpc) is 2.73. The maximum absolute atomic E-state index is 5.68. The Hall–Kier alpha value is -0.820. The Morgan fingerprint density at radius 1 is 1.47 bits per heavy atom. The van der Waals surface area contributed by atoms with Crippen LogP contribution in [0.15, 0.2) is 39.8 Å². The molecule has 1 unspecified atom stereocenters. The number of nitrogens with two attached hydrogens (primary N) is 1. The average molecular weight is 341 g/mol. The highest BCUT2D eigenvalue weighted by atomic mass is 79.9. The second-order valence-electron chi connectivity index (χ2n) is 4.30. The van der Waals surface area contributed by atoms with Crippen molar-refractivity contribution in [2.45, 2.75) is 17.9 Å². The molecule has 1 atom stereocenters. The van der Waals surface area contributed by atoms with Crippen molar-refractivity contribution < 1.29 is 0 Å². The smallest absolute Gasteiger partial charge is 0.0734 e. The lowest BCUT2D eigenvalue weighted by atomic mass is 10.2. The van der Waals surface area contributed by atoms with E-state index in [-0.39, 0.29) is 6.04 Å². The summed E-state index contributed by atoms with van der Waals surface area (Å²) in [7, 11) is 1.92. The SMILES string of the molecule is Cc1ccccc1SCC(NN)c1c(Br)cnn1C. The molecule has 0 aliphatic carbocycles. The minimum absolute atomic E-state index is 0.0477. The molecule has 1 heterocycles. The Labute approximate surface area is 125 Å². The van der Waals surface area contributed by atoms with Gasteiger partial charge in [0.05, 0.1) is 22.4 Å². The number of hydrazine groups is 1. The summed E-state index contributed by atoms with van der Waals surface area (Å²) in [6.45, 7) is 2.12. The predicted molar refractivity (Wildman–Crippen MR) is 82.9 cm³/mol. The first-order valence-electron chi connectivity index (χ1n) is 5.95. The van der Waals surface area contributed by atoms with Gasteiger partial charge in [0.1, 0.15) is 0 Å². The van der Waals surface area contributed by atoms with Crippen LogP contribution < -0.4 is 11.3 Å². The van der Waals surface area contributed by atoms with Gasteiger partial charge in [-0.15, -0.1) is 11.8 Å². The minimum atomic E-state index is 0.0477. The monoisotopic (exact) mass is 340 g/mol. The molecule has 6 heteroatoms. The van der Waals surface area contributed by atoms with Crippen LogP contribution in [0.3, 0.4) is 0 Å². The van der Waals surface area contributed by atoms with Crippen LogP contribution in [0, 0.1) is 6.92 Å². The maximum Gasteiger partial charge on any atom is 0.0734 e. The summed E-state index contributed by atoms with van der Waals surface area (Å²) >= 11 is 5.30. The number of benzene rings is 1. The van der Waals surface area contributed by atoms with Gasteiger partial charge in [-0.1, -0.05) is 18.2 Å². The van der Waals surface area contributed by atoms with E-state index in [1.807, 2.05) is 11.7 Å². The lowest BCUT2D eigenvalue weighted by Crippen LogP contribution is -2.31. The fraction of sp³-hybridized carbons (Fsp3) is 0.308. The van der Waals surface area contributed by atoms with E-state index in [0.29, 0.717) is 0 Å². The fourth-order valence-electron chi connectivity index (χ4n) is 1.91. The van der Waals surface area contributed by atoms with Crippen LogP contribution in [0.5, 0.6) is 0 Å². The summed E-state index contributed by atoms with van der Waals surface area (Å²) < 4.78 is 2.82. The van der Waals surface area contributed by atoms with Crippen molar-refractivity contribution >= 4 is 27.7 Å². The third-order valence-electron chi connectivity index (χ3n) is 2.97. The first-order chi connectivity index (χ1) is 9.13. The van der Waals surface area contributed by atoms with Crippen LogP contribution in [-0.4, -0.2) is 15.5 Å². The van der Waals surface area contributed by atoms with Crippen molar-refractivity contribution in [3.8, 4) is 0 Å². The van der Waals surface area contributed by atoms with Crippen molar-refractivity contribution in [1.29, 1.82) is 0 Å². The van der Waals surface area contributed by atoms with Crippen LogP contribution in [0.1, 0.15) is 17.3 Å². The molecule has 1 aromatic heterocycles. The lowest BCUT2D eigenvalue weighted by molar-refractivity contribution is 0.552. The van der Waals surface area contributed by atoms with Crippen LogP contribution in [0.4, 0.5) is 0 Å². The molecule has 3 N–H and O–H groups in total. The number of aromatic nitrogens is 2. The minimum Gasteiger partial charge on any atom is -0.271 e. The highest BCUT2D eigenvalue weighted by Crippen LogP contribution is 2.29. The molecule has 2 rings (SSSR count). The lowest BCUT2D eigenvalue weighted by Gasteiger charge is -2.17. The van der Waals surface area contributed by atoms with Gasteiger partial charge in [0.15, 0.2) is 0 Å². The number of thioether (sulfide) groups is 1. The third kappa shape index (κ3) is 3.39. The molecule has 102 valence electrons. The molecular weight excluding hydrogens is 324 g/mol. The van der Waals surface area contributed by atoms with Crippen LogP contribution in [0.2, 0.25) is 0 Å². The number of halogens is 1. The molecule has 0 saturated carbocycles. The van der Waals surface area contributed by atoms with Gasteiger partial charge < -0.3 is 0 Å². The summed E-state index contributed by atoms with van der Waals surface area (Å²) in [6.07, 6.45) is 1.79. The van der Waals surface area contributed by atoms with E-state index in [1.165, 1.54) is 10.5 Å². The first-order valence-corrected chi connectivity index (χ1v) is 7.73. The summed E-state index contributed by atoms with van der Waals surface area (Å²) in [4.78, 5) is 1.28.